The Morgan fingerprint density at radius 1 is 1.24 bits per heavy atom. The summed E-state index contributed by atoms with van der Waals surface area (Å²) in [7, 11) is 0. The van der Waals surface area contributed by atoms with Crippen LogP contribution in [0.2, 0.25) is 5.22 Å². The molecule has 0 amide bonds. The van der Waals surface area contributed by atoms with E-state index in [2.05, 4.69) is 15.9 Å². The van der Waals surface area contributed by atoms with Crippen LogP contribution < -0.4 is 4.74 Å². The Bertz CT molecular complexity index is 904. The van der Waals surface area contributed by atoms with Gasteiger partial charge in [-0.1, -0.05) is 18.2 Å². The predicted octanol–water partition coefficient (Wildman–Crippen LogP) is 5.53. The number of para-hydroxylation sites is 1. The highest BCUT2D eigenvalue weighted by atomic mass is 79.9. The first-order valence-corrected chi connectivity index (χ1v) is 8.97. The van der Waals surface area contributed by atoms with Gasteiger partial charge < -0.3 is 13.9 Å². The van der Waals surface area contributed by atoms with Gasteiger partial charge in [-0.3, -0.25) is 4.79 Å². The molecule has 0 radical (unpaired) electrons. The molecule has 2 aromatic carbocycles. The van der Waals surface area contributed by atoms with Crippen LogP contribution in [0.3, 0.4) is 0 Å². The number of carbonyl (C=O) groups is 1. The highest BCUT2D eigenvalue weighted by molar-refractivity contribution is 9.10. The average Bonchev–Trinajstić information content (AvgIpc) is 2.95. The molecule has 6 heteroatoms. The van der Waals surface area contributed by atoms with E-state index in [1.54, 1.807) is 13.0 Å². The number of benzene rings is 2. The summed E-state index contributed by atoms with van der Waals surface area (Å²) in [6, 6.07) is 13.1. The van der Waals surface area contributed by atoms with Crippen molar-refractivity contribution in [3.63, 3.8) is 0 Å². The molecular formula is C19H16BrClO4. The monoisotopic (exact) mass is 422 g/mol. The van der Waals surface area contributed by atoms with Gasteiger partial charge in [-0.2, -0.15) is 0 Å². The van der Waals surface area contributed by atoms with Crippen LogP contribution in [0.5, 0.6) is 5.75 Å². The number of halogens is 2. The van der Waals surface area contributed by atoms with Crippen LogP contribution in [0, 0.1) is 0 Å². The van der Waals surface area contributed by atoms with Crippen LogP contribution >= 0.6 is 27.5 Å². The lowest BCUT2D eigenvalue weighted by Gasteiger charge is -2.11. The van der Waals surface area contributed by atoms with Gasteiger partial charge in [0.15, 0.2) is 5.22 Å². The van der Waals surface area contributed by atoms with Crippen LogP contribution in [0.15, 0.2) is 51.4 Å². The van der Waals surface area contributed by atoms with Crippen LogP contribution in [-0.4, -0.2) is 12.6 Å². The Balaban J connectivity index is 1.76. The molecule has 0 unspecified atom stereocenters. The number of hydrogen-bond donors (Lipinski definition) is 0. The second-order valence-corrected chi connectivity index (χ2v) is 6.65. The van der Waals surface area contributed by atoms with Gasteiger partial charge in [0.25, 0.3) is 0 Å². The van der Waals surface area contributed by atoms with Gasteiger partial charge in [-0.05, 0) is 58.2 Å². The Labute approximate surface area is 158 Å². The van der Waals surface area contributed by atoms with Gasteiger partial charge in [0.05, 0.1) is 17.5 Å². The second-order valence-electron chi connectivity index (χ2n) is 5.42. The number of fused-ring (bicyclic) bond motifs is 1. The molecule has 130 valence electrons. The van der Waals surface area contributed by atoms with Crippen molar-refractivity contribution >= 4 is 44.5 Å². The third-order valence-electron chi connectivity index (χ3n) is 3.61. The van der Waals surface area contributed by atoms with Crippen LogP contribution in [0.25, 0.3) is 11.0 Å². The van der Waals surface area contributed by atoms with E-state index in [1.165, 1.54) is 0 Å². The fourth-order valence-electron chi connectivity index (χ4n) is 2.54. The molecule has 0 saturated carbocycles. The molecule has 0 saturated heterocycles. The smallest absolute Gasteiger partial charge is 0.310 e. The van der Waals surface area contributed by atoms with Crippen molar-refractivity contribution in [2.24, 2.45) is 0 Å². The van der Waals surface area contributed by atoms with Gasteiger partial charge in [-0.25, -0.2) is 0 Å². The standard InChI is InChI=1S/C19H16BrClO4/c1-2-23-18(22)10-13-5-3-4-6-16(13)24-11-12-7-14-9-17(21)25-19(14)15(20)8-12/h3-9H,2,10-11H2,1H3. The fraction of sp³-hybridized carbons (Fsp3) is 0.211. The van der Waals surface area contributed by atoms with Crippen molar-refractivity contribution < 1.29 is 18.7 Å². The van der Waals surface area contributed by atoms with E-state index >= 15 is 0 Å². The number of ether oxygens (including phenoxy) is 2. The minimum Gasteiger partial charge on any atom is -0.489 e. The summed E-state index contributed by atoms with van der Waals surface area (Å²) in [6.45, 7) is 2.51. The fourth-order valence-corrected chi connectivity index (χ4v) is 3.34. The van der Waals surface area contributed by atoms with E-state index < -0.39 is 0 Å². The third-order valence-corrected chi connectivity index (χ3v) is 4.38. The highest BCUT2D eigenvalue weighted by Crippen LogP contribution is 2.31. The molecule has 0 spiro atoms. The molecule has 3 aromatic rings. The quantitative estimate of drug-likeness (QED) is 0.489. The third kappa shape index (κ3) is 4.35. The molecule has 25 heavy (non-hydrogen) atoms. The zero-order chi connectivity index (χ0) is 17.8. The van der Waals surface area contributed by atoms with Gasteiger partial charge in [0.1, 0.15) is 17.9 Å². The summed E-state index contributed by atoms with van der Waals surface area (Å²) in [6.07, 6.45) is 0.185. The Hall–Kier alpha value is -1.98. The normalized spacial score (nSPS) is 10.8. The first kappa shape index (κ1) is 17.8. The molecule has 1 heterocycles. The molecule has 3 rings (SSSR count). The van der Waals surface area contributed by atoms with E-state index in [4.69, 9.17) is 25.5 Å². The van der Waals surface area contributed by atoms with Crippen molar-refractivity contribution in [2.45, 2.75) is 20.0 Å². The van der Waals surface area contributed by atoms with E-state index in [0.29, 0.717) is 29.8 Å². The summed E-state index contributed by atoms with van der Waals surface area (Å²) >= 11 is 9.40. The summed E-state index contributed by atoms with van der Waals surface area (Å²) in [4.78, 5) is 11.7. The van der Waals surface area contributed by atoms with Gasteiger partial charge in [0, 0.05) is 17.0 Å². The van der Waals surface area contributed by atoms with Gasteiger partial charge >= 0.3 is 5.97 Å². The van der Waals surface area contributed by atoms with E-state index in [9.17, 15) is 4.79 Å². The van der Waals surface area contributed by atoms with Gasteiger partial charge in [0.2, 0.25) is 0 Å². The molecular weight excluding hydrogens is 408 g/mol. The first-order chi connectivity index (χ1) is 12.1. The largest absolute Gasteiger partial charge is 0.489 e. The molecule has 0 aliphatic heterocycles. The molecule has 0 aliphatic rings. The lowest BCUT2D eigenvalue weighted by atomic mass is 10.1. The molecule has 0 bridgehead atoms. The molecule has 0 aliphatic carbocycles. The summed E-state index contributed by atoms with van der Waals surface area (Å²) in [5.41, 5.74) is 2.46. The predicted molar refractivity (Wildman–Crippen MR) is 100 cm³/mol. The maximum Gasteiger partial charge on any atom is 0.310 e. The number of hydrogen-bond acceptors (Lipinski definition) is 4. The summed E-state index contributed by atoms with van der Waals surface area (Å²) < 4.78 is 17.2. The van der Waals surface area contributed by atoms with Crippen molar-refractivity contribution in [2.75, 3.05) is 6.61 Å². The lowest BCUT2D eigenvalue weighted by Crippen LogP contribution is -2.09. The van der Waals surface area contributed by atoms with Crippen molar-refractivity contribution in [3.8, 4) is 5.75 Å². The summed E-state index contributed by atoms with van der Waals surface area (Å²) in [5, 5.41) is 1.24. The SMILES string of the molecule is CCOC(=O)Cc1ccccc1OCc1cc(Br)c2oc(Cl)cc2c1. The topological polar surface area (TPSA) is 48.7 Å². The number of furan rings is 1. The number of esters is 1. The highest BCUT2D eigenvalue weighted by Gasteiger charge is 2.11. The zero-order valence-electron chi connectivity index (χ0n) is 13.6. The van der Waals surface area contributed by atoms with Crippen molar-refractivity contribution in [1.82, 2.24) is 0 Å². The van der Waals surface area contributed by atoms with Gasteiger partial charge in [-0.15, -0.1) is 0 Å². The Morgan fingerprint density at radius 2 is 2.04 bits per heavy atom. The average molecular weight is 424 g/mol. The minimum absolute atomic E-state index is 0.185. The van der Waals surface area contributed by atoms with E-state index in [-0.39, 0.29) is 12.4 Å². The molecule has 1 aromatic heterocycles. The Morgan fingerprint density at radius 3 is 2.84 bits per heavy atom. The van der Waals surface area contributed by atoms with Crippen LogP contribution in [0.4, 0.5) is 0 Å². The lowest BCUT2D eigenvalue weighted by molar-refractivity contribution is -0.142. The Kier molecular flexibility index (Phi) is 5.66. The van der Waals surface area contributed by atoms with Crippen molar-refractivity contribution in [1.29, 1.82) is 0 Å². The maximum absolute atomic E-state index is 11.7. The van der Waals surface area contributed by atoms with Crippen molar-refractivity contribution in [3.05, 3.63) is 63.3 Å². The zero-order valence-corrected chi connectivity index (χ0v) is 15.9. The molecule has 0 atom stereocenters. The molecule has 0 N–H and O–H groups in total. The van der Waals surface area contributed by atoms with E-state index in [0.717, 1.165) is 21.0 Å². The van der Waals surface area contributed by atoms with Crippen LogP contribution in [0.1, 0.15) is 18.1 Å². The minimum atomic E-state index is -0.268. The number of rotatable bonds is 6. The van der Waals surface area contributed by atoms with E-state index in [1.807, 2.05) is 36.4 Å². The molecule has 0 fully saturated rings. The summed E-state index contributed by atoms with van der Waals surface area (Å²) in [5.74, 6) is 0.396. The van der Waals surface area contributed by atoms with Crippen LogP contribution in [-0.2, 0) is 22.6 Å². The maximum atomic E-state index is 11.7. The number of carbonyl (C=O) groups excluding carboxylic acids is 1. The first-order valence-electron chi connectivity index (χ1n) is 7.80. The second kappa shape index (κ2) is 7.93. The molecule has 4 nitrogen and oxygen atoms in total.